The molecule has 8 nitrogen and oxygen atoms in total. The minimum Gasteiger partial charge on any atom is -0.437 e. The van der Waals surface area contributed by atoms with Crippen molar-refractivity contribution in [2.24, 2.45) is 0 Å². The zero-order valence-corrected chi connectivity index (χ0v) is 40.9. The third-order valence-electron chi connectivity index (χ3n) is 10.4. The van der Waals surface area contributed by atoms with Crippen LogP contribution in [0.4, 0.5) is 0 Å². The Morgan fingerprint density at radius 3 is 1.08 bits per heavy atom. The highest BCUT2D eigenvalue weighted by Crippen LogP contribution is 2.26. The van der Waals surface area contributed by atoms with Gasteiger partial charge in [0, 0.05) is 13.2 Å². The van der Waals surface area contributed by atoms with Crippen LogP contribution in [0.2, 0.25) is 51.4 Å². The molecule has 0 bridgehead atoms. The molecule has 2 unspecified atom stereocenters. The van der Waals surface area contributed by atoms with E-state index < -0.39 is 37.4 Å². The molecule has 0 fully saturated rings. The zero-order valence-electron chi connectivity index (χ0n) is 37.9. The van der Waals surface area contributed by atoms with Crippen LogP contribution in [0.3, 0.4) is 0 Å². The molecule has 0 amide bonds. The second-order valence-corrected chi connectivity index (χ2v) is 31.9. The smallest absolute Gasteiger partial charge is 0.311 e. The van der Waals surface area contributed by atoms with Gasteiger partial charge in [0.05, 0.1) is 54.5 Å². The minimum atomic E-state index is -2.29. The van der Waals surface area contributed by atoms with E-state index in [2.05, 4.69) is 81.3 Å². The van der Waals surface area contributed by atoms with E-state index in [1.165, 1.54) is 103 Å². The van der Waals surface area contributed by atoms with Crippen LogP contribution >= 0.6 is 0 Å². The first-order valence-electron chi connectivity index (χ1n) is 22.3. The number of hydrogen-bond acceptors (Lipinski definition) is 6. The number of likely N-dealkylation sites (N-methyl/N-ethyl adjacent to an activating group) is 2. The van der Waals surface area contributed by atoms with Gasteiger partial charge in [0.2, 0.25) is 0 Å². The summed E-state index contributed by atoms with van der Waals surface area (Å²) in [5, 5.41) is 21.3. The number of aliphatic hydroxyl groups is 2. The summed E-state index contributed by atoms with van der Waals surface area (Å²) in [6, 6.07) is 2.05. The molecule has 0 radical (unpaired) electrons. The number of rotatable bonds is 38. The monoisotopic (exact) mass is 809 g/mol. The van der Waals surface area contributed by atoms with Crippen LogP contribution in [0, 0.1) is 0 Å². The largest absolute Gasteiger partial charge is 0.437 e. The topological polar surface area (TPSA) is 77.4 Å². The van der Waals surface area contributed by atoms with Crippen molar-refractivity contribution < 1.29 is 36.9 Å². The predicted octanol–water partition coefficient (Wildman–Crippen LogP) is 10.1. The lowest BCUT2D eigenvalue weighted by molar-refractivity contribution is -0.893. The fourth-order valence-electron chi connectivity index (χ4n) is 7.87. The van der Waals surface area contributed by atoms with Crippen LogP contribution in [0.5, 0.6) is 0 Å². The Balaban J connectivity index is 4.22. The van der Waals surface area contributed by atoms with Crippen molar-refractivity contribution in [3.63, 3.8) is 0 Å². The lowest BCUT2D eigenvalue weighted by Crippen LogP contribution is -2.52. The van der Waals surface area contributed by atoms with E-state index in [0.29, 0.717) is 26.4 Å². The Morgan fingerprint density at radius 2 is 0.755 bits per heavy atom. The summed E-state index contributed by atoms with van der Waals surface area (Å²) in [5.41, 5.74) is 0. The zero-order chi connectivity index (χ0) is 40.3. The first-order valence-corrected chi connectivity index (χ1v) is 31.3. The first-order chi connectivity index (χ1) is 24.7. The Hall–Kier alpha value is 0.331. The van der Waals surface area contributed by atoms with E-state index in [9.17, 15) is 10.2 Å². The molecule has 2 N–H and O–H groups in total. The molecule has 0 spiro atoms. The Labute approximate surface area is 334 Å². The lowest BCUT2D eigenvalue weighted by atomic mass is 10.1. The van der Waals surface area contributed by atoms with E-state index in [-0.39, 0.29) is 0 Å². The molecule has 0 rings (SSSR count). The highest BCUT2D eigenvalue weighted by atomic mass is 28.5. The lowest BCUT2D eigenvalue weighted by Gasteiger charge is -2.38. The number of aliphatic hydroxyl groups excluding tert-OH is 2. The van der Waals surface area contributed by atoms with Crippen LogP contribution in [0.25, 0.3) is 0 Å². The maximum absolute atomic E-state index is 10.7. The summed E-state index contributed by atoms with van der Waals surface area (Å²) >= 11 is 0. The fraction of sp³-hybridized carbons (Fsp3) is 1.00. The average molecular weight is 809 g/mol. The molecule has 0 heterocycles. The third kappa shape index (κ3) is 34.1. The van der Waals surface area contributed by atoms with Gasteiger partial charge in [-0.2, -0.15) is 0 Å². The second kappa shape index (κ2) is 29.5. The molecule has 2 atom stereocenters. The van der Waals surface area contributed by atoms with E-state index in [1.807, 2.05) is 0 Å². The molecule has 0 saturated carbocycles. The van der Waals surface area contributed by atoms with Gasteiger partial charge in [-0.15, -0.1) is 0 Å². The number of nitrogens with zero attached hydrogens (tertiary/aromatic N) is 2. The van der Waals surface area contributed by atoms with Crippen molar-refractivity contribution in [1.82, 2.24) is 0 Å². The standard InChI is InChI=1S/C42H96N2O6Si3/c1-13-15-17-19-21-23-25-27-31-43(3,4)37-41(45)39-47-33-29-35-51(7,8)49-53(11,12)50-52(9,10)36-30-34-48-40-42(46)38-44(5,6)32-28-26-24-22-20-18-16-14-2/h41-42,45-46H,13-40H2,1-12H3/q+2. The highest BCUT2D eigenvalue weighted by Gasteiger charge is 2.39. The fourth-order valence-corrected chi connectivity index (χ4v) is 21.9. The van der Waals surface area contributed by atoms with Gasteiger partial charge >= 0.3 is 8.56 Å². The molecule has 320 valence electrons. The summed E-state index contributed by atoms with van der Waals surface area (Å²) in [7, 11) is 2.78. The molecule has 0 saturated heterocycles. The van der Waals surface area contributed by atoms with Gasteiger partial charge in [0.15, 0.2) is 16.6 Å². The van der Waals surface area contributed by atoms with Crippen LogP contribution < -0.4 is 0 Å². The Kier molecular flexibility index (Phi) is 29.7. The van der Waals surface area contributed by atoms with E-state index in [1.54, 1.807) is 0 Å². The normalized spacial score (nSPS) is 14.6. The maximum atomic E-state index is 10.7. The first kappa shape index (κ1) is 53.3. The van der Waals surface area contributed by atoms with Gasteiger partial charge in [-0.1, -0.05) is 90.9 Å². The molecule has 0 aromatic heterocycles. The molecular formula is C42H96N2O6Si3+2. The predicted molar refractivity (Wildman–Crippen MR) is 236 cm³/mol. The van der Waals surface area contributed by atoms with Gasteiger partial charge in [-0.05, 0) is 89.9 Å². The molecular weight excluding hydrogens is 713 g/mol. The van der Waals surface area contributed by atoms with E-state index >= 15 is 0 Å². The van der Waals surface area contributed by atoms with Crippen LogP contribution in [-0.4, -0.2) is 137 Å². The van der Waals surface area contributed by atoms with E-state index in [4.69, 9.17) is 17.7 Å². The third-order valence-corrected chi connectivity index (χ3v) is 21.9. The summed E-state index contributed by atoms with van der Waals surface area (Å²) < 4.78 is 27.2. The summed E-state index contributed by atoms with van der Waals surface area (Å²) in [6.45, 7) is 24.0. The number of ether oxygens (including phenoxy) is 2. The molecule has 0 aromatic carbocycles. The van der Waals surface area contributed by atoms with Gasteiger partial charge in [0.1, 0.15) is 25.3 Å². The molecule has 11 heteroatoms. The van der Waals surface area contributed by atoms with Crippen molar-refractivity contribution in [2.45, 2.75) is 193 Å². The van der Waals surface area contributed by atoms with Gasteiger partial charge in [0.25, 0.3) is 0 Å². The van der Waals surface area contributed by atoms with Crippen molar-refractivity contribution in [3.8, 4) is 0 Å². The number of quaternary nitrogens is 2. The number of unbranched alkanes of at least 4 members (excludes halogenated alkanes) is 14. The van der Waals surface area contributed by atoms with Crippen molar-refractivity contribution in [1.29, 1.82) is 0 Å². The Bertz CT molecular complexity index is 797. The number of hydrogen-bond donors (Lipinski definition) is 2. The highest BCUT2D eigenvalue weighted by molar-refractivity contribution is 6.87. The average Bonchev–Trinajstić information content (AvgIpc) is 3.01. The quantitative estimate of drug-likeness (QED) is 0.0368. The van der Waals surface area contributed by atoms with Crippen LogP contribution in [-0.2, 0) is 17.7 Å². The van der Waals surface area contributed by atoms with Crippen LogP contribution in [0.1, 0.15) is 129 Å². The summed E-state index contributed by atoms with van der Waals surface area (Å²) in [5.74, 6) is 0. The minimum absolute atomic E-state index is 0.407. The maximum Gasteiger partial charge on any atom is 0.311 e. The van der Waals surface area contributed by atoms with Crippen molar-refractivity contribution in [2.75, 3.05) is 80.8 Å². The van der Waals surface area contributed by atoms with E-state index in [0.717, 1.165) is 60.1 Å². The Morgan fingerprint density at radius 1 is 0.453 bits per heavy atom. The van der Waals surface area contributed by atoms with Gasteiger partial charge < -0.3 is 36.9 Å². The van der Waals surface area contributed by atoms with Crippen molar-refractivity contribution >= 4 is 25.2 Å². The molecule has 0 aliphatic heterocycles. The summed E-state index contributed by atoms with van der Waals surface area (Å²) in [6.07, 6.45) is 22.4. The van der Waals surface area contributed by atoms with Gasteiger partial charge in [-0.3, -0.25) is 0 Å². The van der Waals surface area contributed by atoms with Gasteiger partial charge in [-0.25, -0.2) is 0 Å². The SMILES string of the molecule is CCCCCCCCCC[N+](C)(C)CC(O)COCCC[Si](C)(C)O[Si](C)(C)O[Si](C)(C)CCCOCC(O)C[N+](C)(C)CCCCCCCCCC. The molecule has 0 aliphatic carbocycles. The molecule has 0 aromatic rings. The van der Waals surface area contributed by atoms with Crippen LogP contribution in [0.15, 0.2) is 0 Å². The van der Waals surface area contributed by atoms with Crippen molar-refractivity contribution in [3.05, 3.63) is 0 Å². The molecule has 53 heavy (non-hydrogen) atoms. The molecule has 0 aliphatic rings. The summed E-state index contributed by atoms with van der Waals surface area (Å²) in [4.78, 5) is 0. The second-order valence-electron chi connectivity index (χ2n) is 19.4.